The fourth-order valence-electron chi connectivity index (χ4n) is 2.30. The third kappa shape index (κ3) is 4.99. The number of aromatic nitrogens is 2. The summed E-state index contributed by atoms with van der Waals surface area (Å²) in [5.41, 5.74) is 3.28. The fourth-order valence-corrected chi connectivity index (χ4v) is 2.55. The van der Waals surface area contributed by atoms with Crippen LogP contribution in [0.5, 0.6) is 0 Å². The van der Waals surface area contributed by atoms with E-state index >= 15 is 0 Å². The number of hydrogen-bond donors (Lipinski definition) is 1. The molecule has 0 atom stereocenters. The Morgan fingerprint density at radius 2 is 1.50 bits per heavy atom. The molecule has 0 fully saturated rings. The molecule has 3 rings (SSSR count). The van der Waals surface area contributed by atoms with E-state index < -0.39 is 11.9 Å². The first-order valence-corrected chi connectivity index (χ1v) is 8.76. The molecule has 0 aliphatic heterocycles. The summed E-state index contributed by atoms with van der Waals surface area (Å²) in [5, 5.41) is 5.11. The van der Waals surface area contributed by atoms with Crippen LogP contribution in [0.2, 0.25) is 10.0 Å². The van der Waals surface area contributed by atoms with Gasteiger partial charge < -0.3 is 0 Å². The zero-order chi connectivity index (χ0) is 20.3. The molecule has 144 valence electrons. The minimum absolute atomic E-state index is 0.0980. The van der Waals surface area contributed by atoms with Gasteiger partial charge in [0.25, 0.3) is 0 Å². The highest BCUT2D eigenvalue weighted by Gasteiger charge is 2.33. The van der Waals surface area contributed by atoms with E-state index in [0.717, 1.165) is 11.6 Å². The summed E-state index contributed by atoms with van der Waals surface area (Å²) in [6.45, 7) is 1.70. The van der Waals surface area contributed by atoms with Crippen LogP contribution in [0, 0.1) is 0 Å². The number of anilines is 1. The first kappa shape index (κ1) is 20.1. The molecule has 0 aliphatic rings. The standard InChI is InChI=1S/C19H13Cl2F3N4/c1-11(12-2-6-14(20)7-3-12)27-28-18-25-16(10-17(26-18)19(22,23)24)13-4-8-15(21)9-5-13/h2-10H,1H3,(H,25,26,28)/b27-11-. The molecule has 0 bridgehead atoms. The number of hydrogen-bond acceptors (Lipinski definition) is 4. The van der Waals surface area contributed by atoms with Gasteiger partial charge in [0.2, 0.25) is 5.95 Å². The molecule has 28 heavy (non-hydrogen) atoms. The van der Waals surface area contributed by atoms with E-state index in [1.807, 2.05) is 0 Å². The lowest BCUT2D eigenvalue weighted by atomic mass is 10.1. The SMILES string of the molecule is C/C(=N/Nc1nc(-c2ccc(Cl)cc2)cc(C(F)(F)F)n1)c1ccc(Cl)cc1. The number of rotatable bonds is 4. The van der Waals surface area contributed by atoms with E-state index in [-0.39, 0.29) is 11.6 Å². The zero-order valence-electron chi connectivity index (χ0n) is 14.4. The van der Waals surface area contributed by atoms with Gasteiger partial charge in [0, 0.05) is 15.6 Å². The molecule has 3 aromatic rings. The molecule has 0 amide bonds. The Morgan fingerprint density at radius 1 is 0.929 bits per heavy atom. The molecule has 0 unspecified atom stereocenters. The van der Waals surface area contributed by atoms with Crippen LogP contribution in [0.15, 0.2) is 59.7 Å². The summed E-state index contributed by atoms with van der Waals surface area (Å²) >= 11 is 11.7. The highest BCUT2D eigenvalue weighted by Crippen LogP contribution is 2.31. The highest BCUT2D eigenvalue weighted by atomic mass is 35.5. The minimum atomic E-state index is -4.63. The largest absolute Gasteiger partial charge is 0.433 e. The summed E-state index contributed by atoms with van der Waals surface area (Å²) in [6, 6.07) is 14.1. The van der Waals surface area contributed by atoms with Crippen molar-refractivity contribution in [3.8, 4) is 11.3 Å². The molecule has 1 N–H and O–H groups in total. The van der Waals surface area contributed by atoms with Crippen LogP contribution < -0.4 is 5.43 Å². The van der Waals surface area contributed by atoms with E-state index in [4.69, 9.17) is 23.2 Å². The normalized spacial score (nSPS) is 12.1. The summed E-state index contributed by atoms with van der Waals surface area (Å²) in [7, 11) is 0. The van der Waals surface area contributed by atoms with E-state index in [9.17, 15) is 13.2 Å². The molecule has 1 aromatic heterocycles. The molecule has 9 heteroatoms. The van der Waals surface area contributed by atoms with E-state index in [1.165, 1.54) is 0 Å². The van der Waals surface area contributed by atoms with Crippen molar-refractivity contribution in [3.05, 3.63) is 75.9 Å². The Labute approximate surface area is 169 Å². The van der Waals surface area contributed by atoms with Gasteiger partial charge in [-0.05, 0) is 42.8 Å². The lowest BCUT2D eigenvalue weighted by molar-refractivity contribution is -0.141. The third-order valence-electron chi connectivity index (χ3n) is 3.74. The minimum Gasteiger partial charge on any atom is -0.245 e. The molecule has 0 saturated heterocycles. The number of alkyl halides is 3. The van der Waals surface area contributed by atoms with Gasteiger partial charge in [-0.15, -0.1) is 0 Å². The lowest BCUT2D eigenvalue weighted by Gasteiger charge is -2.11. The number of nitrogens with zero attached hydrogens (tertiary/aromatic N) is 3. The van der Waals surface area contributed by atoms with E-state index in [1.54, 1.807) is 55.5 Å². The average molecular weight is 425 g/mol. The molecule has 4 nitrogen and oxygen atoms in total. The Morgan fingerprint density at radius 3 is 2.07 bits per heavy atom. The summed E-state index contributed by atoms with van der Waals surface area (Å²) < 4.78 is 39.7. The van der Waals surface area contributed by atoms with Crippen molar-refractivity contribution in [1.29, 1.82) is 0 Å². The number of hydrazone groups is 1. The van der Waals surface area contributed by atoms with Crippen molar-refractivity contribution in [2.24, 2.45) is 5.10 Å². The predicted octanol–water partition coefficient (Wildman–Crippen LogP) is 6.31. The van der Waals surface area contributed by atoms with Crippen LogP contribution in [0.1, 0.15) is 18.2 Å². The maximum Gasteiger partial charge on any atom is 0.433 e. The maximum absolute atomic E-state index is 13.2. The van der Waals surface area contributed by atoms with Gasteiger partial charge in [-0.2, -0.15) is 18.3 Å². The molecule has 0 spiro atoms. The Kier molecular flexibility index (Phi) is 5.86. The Hall–Kier alpha value is -2.64. The molecular formula is C19H13Cl2F3N4. The smallest absolute Gasteiger partial charge is 0.245 e. The first-order valence-electron chi connectivity index (χ1n) is 8.01. The molecule has 0 aliphatic carbocycles. The lowest BCUT2D eigenvalue weighted by Crippen LogP contribution is -2.12. The summed E-state index contributed by atoms with van der Waals surface area (Å²) in [4.78, 5) is 7.66. The van der Waals surface area contributed by atoms with Gasteiger partial charge in [0.15, 0.2) is 5.69 Å². The second-order valence-electron chi connectivity index (χ2n) is 5.78. The van der Waals surface area contributed by atoms with Crippen molar-refractivity contribution >= 4 is 34.9 Å². The van der Waals surface area contributed by atoms with Gasteiger partial charge in [-0.25, -0.2) is 15.4 Å². The van der Waals surface area contributed by atoms with Crippen molar-refractivity contribution in [1.82, 2.24) is 9.97 Å². The highest BCUT2D eigenvalue weighted by molar-refractivity contribution is 6.31. The molecule has 2 aromatic carbocycles. The average Bonchev–Trinajstić information content (AvgIpc) is 2.66. The number of halogens is 5. The maximum atomic E-state index is 13.2. The summed E-state index contributed by atoms with van der Waals surface area (Å²) in [6.07, 6.45) is -4.63. The second-order valence-corrected chi connectivity index (χ2v) is 6.66. The van der Waals surface area contributed by atoms with Gasteiger partial charge >= 0.3 is 6.18 Å². The van der Waals surface area contributed by atoms with Crippen molar-refractivity contribution < 1.29 is 13.2 Å². The monoisotopic (exact) mass is 424 g/mol. The first-order chi connectivity index (χ1) is 13.2. The summed E-state index contributed by atoms with van der Waals surface area (Å²) in [5.74, 6) is -0.270. The van der Waals surface area contributed by atoms with Crippen molar-refractivity contribution in [2.45, 2.75) is 13.1 Å². The molecule has 1 heterocycles. The van der Waals surface area contributed by atoms with Crippen LogP contribution in [-0.2, 0) is 6.18 Å². The Bertz CT molecular complexity index is 1000. The van der Waals surface area contributed by atoms with Gasteiger partial charge in [-0.1, -0.05) is 47.5 Å². The van der Waals surface area contributed by atoms with Crippen molar-refractivity contribution in [2.75, 3.05) is 5.43 Å². The van der Waals surface area contributed by atoms with Crippen LogP contribution in [0.25, 0.3) is 11.3 Å². The molecular weight excluding hydrogens is 412 g/mol. The van der Waals surface area contributed by atoms with Gasteiger partial charge in [0.05, 0.1) is 11.4 Å². The molecule has 0 radical (unpaired) electrons. The molecule has 0 saturated carbocycles. The second kappa shape index (κ2) is 8.16. The number of nitrogens with one attached hydrogen (secondary N) is 1. The van der Waals surface area contributed by atoms with Crippen LogP contribution in [-0.4, -0.2) is 15.7 Å². The van der Waals surface area contributed by atoms with Crippen LogP contribution in [0.4, 0.5) is 19.1 Å². The van der Waals surface area contributed by atoms with Crippen LogP contribution >= 0.6 is 23.2 Å². The predicted molar refractivity (Wildman–Crippen MR) is 105 cm³/mol. The zero-order valence-corrected chi connectivity index (χ0v) is 15.9. The Balaban J connectivity index is 1.95. The quantitative estimate of drug-likeness (QED) is 0.394. The van der Waals surface area contributed by atoms with Crippen LogP contribution in [0.3, 0.4) is 0 Å². The third-order valence-corrected chi connectivity index (χ3v) is 4.25. The topological polar surface area (TPSA) is 50.2 Å². The fraction of sp³-hybridized carbons (Fsp3) is 0.105. The van der Waals surface area contributed by atoms with E-state index in [2.05, 4.69) is 20.5 Å². The van der Waals surface area contributed by atoms with Gasteiger partial charge in [-0.3, -0.25) is 0 Å². The number of benzene rings is 2. The van der Waals surface area contributed by atoms with Gasteiger partial charge in [0.1, 0.15) is 0 Å². The van der Waals surface area contributed by atoms with Crippen molar-refractivity contribution in [3.63, 3.8) is 0 Å². The van der Waals surface area contributed by atoms with E-state index in [0.29, 0.717) is 21.3 Å².